The second kappa shape index (κ2) is 49.8. The first-order valence-corrected chi connectivity index (χ1v) is 28.3. The summed E-state index contributed by atoms with van der Waals surface area (Å²) in [5.74, 6) is 0.845. The molecule has 0 aromatic carbocycles. The molecule has 0 radical (unpaired) electrons. The smallest absolute Gasteiger partial charge is 0.306 e. The molecule has 2 atom stereocenters. The lowest BCUT2D eigenvalue weighted by Gasteiger charge is -2.18. The summed E-state index contributed by atoms with van der Waals surface area (Å²) in [5.41, 5.74) is 0. The first kappa shape index (κ1) is 61.4. The molecule has 0 N–H and O–H groups in total. The second-order valence-corrected chi connectivity index (χ2v) is 20.3. The Morgan fingerprint density at radius 1 is 0.333 bits per heavy atom. The third kappa shape index (κ3) is 49.7. The molecule has 6 heteroatoms. The fourth-order valence-electron chi connectivity index (χ4n) is 8.66. The summed E-state index contributed by atoms with van der Waals surface area (Å²) in [5, 5.41) is 0. The Balaban J connectivity index is 4.21. The van der Waals surface area contributed by atoms with Crippen molar-refractivity contribution in [3.05, 3.63) is 0 Å². The van der Waals surface area contributed by atoms with Gasteiger partial charge in [0.05, 0.1) is 0 Å². The van der Waals surface area contributed by atoms with Crippen LogP contribution in [-0.4, -0.2) is 37.2 Å². The van der Waals surface area contributed by atoms with Gasteiger partial charge in [0.25, 0.3) is 0 Å². The molecule has 0 aliphatic carbocycles. The first-order valence-electron chi connectivity index (χ1n) is 28.3. The van der Waals surface area contributed by atoms with Gasteiger partial charge in [0.15, 0.2) is 6.10 Å². The third-order valence-corrected chi connectivity index (χ3v) is 13.3. The Kier molecular flexibility index (Phi) is 48.6. The maximum absolute atomic E-state index is 12.8. The zero-order chi connectivity index (χ0) is 46.1. The van der Waals surface area contributed by atoms with E-state index in [1.165, 1.54) is 205 Å². The van der Waals surface area contributed by atoms with Crippen LogP contribution in [0.4, 0.5) is 0 Å². The Bertz CT molecular complexity index is 964. The monoisotopic (exact) mass is 891 g/mol. The van der Waals surface area contributed by atoms with Gasteiger partial charge in [-0.05, 0) is 31.1 Å². The molecule has 374 valence electrons. The normalized spacial score (nSPS) is 12.5. The van der Waals surface area contributed by atoms with E-state index in [0.717, 1.165) is 69.6 Å². The zero-order valence-corrected chi connectivity index (χ0v) is 43.2. The molecule has 0 aromatic rings. The summed E-state index contributed by atoms with van der Waals surface area (Å²) in [4.78, 5) is 38.0. The number of unbranched alkanes of at least 4 members (excludes halogenated alkanes) is 35. The molecule has 63 heavy (non-hydrogen) atoms. The Hall–Kier alpha value is -1.59. The molecule has 0 aliphatic rings. The number of rotatable bonds is 51. The number of carbonyl (C=O) groups excluding carboxylic acids is 3. The largest absolute Gasteiger partial charge is 0.462 e. The molecular formula is C57H110O6. The fourth-order valence-corrected chi connectivity index (χ4v) is 8.66. The Morgan fingerprint density at radius 3 is 0.905 bits per heavy atom. The van der Waals surface area contributed by atoms with Crippen LogP contribution in [-0.2, 0) is 28.6 Å². The molecule has 0 saturated heterocycles. The van der Waals surface area contributed by atoms with E-state index in [1.807, 2.05) is 0 Å². The third-order valence-electron chi connectivity index (χ3n) is 13.3. The van der Waals surface area contributed by atoms with Crippen LogP contribution in [0.25, 0.3) is 0 Å². The van der Waals surface area contributed by atoms with Gasteiger partial charge in [-0.2, -0.15) is 0 Å². The van der Waals surface area contributed by atoms with Crippen LogP contribution < -0.4 is 0 Å². The Labute approximate surface area is 393 Å². The van der Waals surface area contributed by atoms with Gasteiger partial charge in [-0.15, -0.1) is 0 Å². The Morgan fingerprint density at radius 2 is 0.603 bits per heavy atom. The van der Waals surface area contributed by atoms with Crippen molar-refractivity contribution in [1.29, 1.82) is 0 Å². The molecule has 0 bridgehead atoms. The van der Waals surface area contributed by atoms with Crippen molar-refractivity contribution in [3.63, 3.8) is 0 Å². The van der Waals surface area contributed by atoms with Gasteiger partial charge in [-0.1, -0.05) is 279 Å². The van der Waals surface area contributed by atoms with Gasteiger partial charge in [0.1, 0.15) is 13.2 Å². The summed E-state index contributed by atoms with van der Waals surface area (Å²) in [7, 11) is 0. The van der Waals surface area contributed by atoms with E-state index in [-0.39, 0.29) is 31.1 Å². The number of esters is 3. The average Bonchev–Trinajstić information content (AvgIpc) is 3.27. The van der Waals surface area contributed by atoms with E-state index in [9.17, 15) is 14.4 Å². The van der Waals surface area contributed by atoms with Crippen LogP contribution in [0.2, 0.25) is 0 Å². The van der Waals surface area contributed by atoms with Crippen LogP contribution in [0.3, 0.4) is 0 Å². The minimum absolute atomic E-state index is 0.0636. The summed E-state index contributed by atoms with van der Waals surface area (Å²) in [6, 6.07) is 0. The van der Waals surface area contributed by atoms with Crippen LogP contribution in [0.5, 0.6) is 0 Å². The standard InChI is InChI=1S/C57H110O6/c1-6-8-9-10-11-12-13-20-24-27-32-37-42-47-55(58)61-50-54(51-62-56(59)48-43-38-34-29-30-35-40-45-52(3)4)63-57(60)49-44-39-33-28-25-22-19-17-15-14-16-18-21-23-26-31-36-41-46-53(5)7-2/h52-54H,6-51H2,1-5H3/t53?,54-/m1/s1. The summed E-state index contributed by atoms with van der Waals surface area (Å²) < 4.78 is 16.8. The van der Waals surface area contributed by atoms with Gasteiger partial charge >= 0.3 is 17.9 Å². The van der Waals surface area contributed by atoms with Crippen molar-refractivity contribution < 1.29 is 28.6 Å². The average molecular weight is 892 g/mol. The van der Waals surface area contributed by atoms with Gasteiger partial charge in [0, 0.05) is 19.3 Å². The number of hydrogen-bond acceptors (Lipinski definition) is 6. The molecule has 0 spiro atoms. The van der Waals surface area contributed by atoms with Crippen molar-refractivity contribution in [1.82, 2.24) is 0 Å². The van der Waals surface area contributed by atoms with Crippen molar-refractivity contribution in [2.45, 2.75) is 323 Å². The van der Waals surface area contributed by atoms with Crippen molar-refractivity contribution in [2.75, 3.05) is 13.2 Å². The van der Waals surface area contributed by atoms with E-state index < -0.39 is 6.10 Å². The molecule has 6 nitrogen and oxygen atoms in total. The maximum atomic E-state index is 12.8. The topological polar surface area (TPSA) is 78.9 Å². The van der Waals surface area contributed by atoms with E-state index in [1.54, 1.807) is 0 Å². The maximum Gasteiger partial charge on any atom is 0.306 e. The molecule has 0 amide bonds. The molecule has 1 unspecified atom stereocenters. The van der Waals surface area contributed by atoms with E-state index in [2.05, 4.69) is 34.6 Å². The number of ether oxygens (including phenoxy) is 3. The number of hydrogen-bond donors (Lipinski definition) is 0. The summed E-state index contributed by atoms with van der Waals surface area (Å²) in [6.07, 6.45) is 52.4. The molecule has 0 fully saturated rings. The van der Waals surface area contributed by atoms with Gasteiger partial charge in [-0.25, -0.2) is 0 Å². The predicted molar refractivity (Wildman–Crippen MR) is 270 cm³/mol. The molecular weight excluding hydrogens is 781 g/mol. The van der Waals surface area contributed by atoms with E-state index in [0.29, 0.717) is 19.3 Å². The lowest BCUT2D eigenvalue weighted by molar-refractivity contribution is -0.167. The van der Waals surface area contributed by atoms with Crippen molar-refractivity contribution in [3.8, 4) is 0 Å². The molecule has 0 rings (SSSR count). The minimum Gasteiger partial charge on any atom is -0.462 e. The van der Waals surface area contributed by atoms with E-state index >= 15 is 0 Å². The summed E-state index contributed by atoms with van der Waals surface area (Å²) in [6.45, 7) is 11.4. The highest BCUT2D eigenvalue weighted by Crippen LogP contribution is 2.18. The summed E-state index contributed by atoms with van der Waals surface area (Å²) >= 11 is 0. The quantitative estimate of drug-likeness (QED) is 0.0344. The van der Waals surface area contributed by atoms with Gasteiger partial charge in [0.2, 0.25) is 0 Å². The molecule has 0 heterocycles. The second-order valence-electron chi connectivity index (χ2n) is 20.3. The molecule has 0 saturated carbocycles. The molecule has 0 aromatic heterocycles. The van der Waals surface area contributed by atoms with Gasteiger partial charge < -0.3 is 14.2 Å². The van der Waals surface area contributed by atoms with Crippen molar-refractivity contribution >= 4 is 17.9 Å². The minimum atomic E-state index is -0.762. The zero-order valence-electron chi connectivity index (χ0n) is 43.2. The van der Waals surface area contributed by atoms with Gasteiger partial charge in [-0.3, -0.25) is 14.4 Å². The fraction of sp³-hybridized carbons (Fsp3) is 0.947. The highest BCUT2D eigenvalue weighted by Gasteiger charge is 2.19. The van der Waals surface area contributed by atoms with Crippen LogP contribution in [0.1, 0.15) is 317 Å². The highest BCUT2D eigenvalue weighted by atomic mass is 16.6. The lowest BCUT2D eigenvalue weighted by Crippen LogP contribution is -2.30. The van der Waals surface area contributed by atoms with Crippen molar-refractivity contribution in [2.24, 2.45) is 11.8 Å². The predicted octanol–water partition coefficient (Wildman–Crippen LogP) is 18.5. The van der Waals surface area contributed by atoms with E-state index in [4.69, 9.17) is 14.2 Å². The number of carbonyl (C=O) groups is 3. The first-order chi connectivity index (χ1) is 30.8. The lowest BCUT2D eigenvalue weighted by atomic mass is 9.99. The highest BCUT2D eigenvalue weighted by molar-refractivity contribution is 5.71. The van der Waals surface area contributed by atoms with Crippen LogP contribution >= 0.6 is 0 Å². The van der Waals surface area contributed by atoms with Crippen LogP contribution in [0, 0.1) is 11.8 Å². The SMILES string of the molecule is CCCCCCCCCCCCCCCC(=O)OC[C@H](COC(=O)CCCCCCCCCC(C)C)OC(=O)CCCCCCCCCCCCCCCCCCCCC(C)CC. The van der Waals surface area contributed by atoms with Crippen LogP contribution in [0.15, 0.2) is 0 Å². The molecule has 0 aliphatic heterocycles.